The predicted octanol–water partition coefficient (Wildman–Crippen LogP) is 0.734. The Morgan fingerprint density at radius 2 is 2.00 bits per heavy atom. The predicted molar refractivity (Wildman–Crippen MR) is 56.7 cm³/mol. The smallest absolute Gasteiger partial charge is 0.335 e. The number of carbonyl (C=O) groups excluding carboxylic acids is 1. The molecular formula is C10H20N2O2. The average Bonchev–Trinajstić information content (AvgIpc) is 2.16. The SMILES string of the molecule is CCC(N)=C(CCN(C)C)C(=O)OC. The molecule has 0 aliphatic heterocycles. The number of hydrogen-bond donors (Lipinski definition) is 1. The van der Waals surface area contributed by atoms with E-state index in [0.717, 1.165) is 6.54 Å². The Labute approximate surface area is 85.7 Å². The molecule has 0 aromatic carbocycles. The molecule has 0 bridgehead atoms. The van der Waals surface area contributed by atoms with Crippen molar-refractivity contribution >= 4 is 5.97 Å². The summed E-state index contributed by atoms with van der Waals surface area (Å²) in [6, 6.07) is 0. The van der Waals surface area contributed by atoms with E-state index in [1.54, 1.807) is 0 Å². The summed E-state index contributed by atoms with van der Waals surface area (Å²) in [5.41, 5.74) is 6.96. The molecule has 2 N–H and O–H groups in total. The van der Waals surface area contributed by atoms with E-state index >= 15 is 0 Å². The highest BCUT2D eigenvalue weighted by Gasteiger charge is 2.13. The lowest BCUT2D eigenvalue weighted by molar-refractivity contribution is -0.136. The molecular weight excluding hydrogens is 180 g/mol. The number of esters is 1. The van der Waals surface area contributed by atoms with Gasteiger partial charge in [-0.05, 0) is 26.9 Å². The summed E-state index contributed by atoms with van der Waals surface area (Å²) in [5.74, 6) is -0.314. The van der Waals surface area contributed by atoms with Gasteiger partial charge in [-0.1, -0.05) is 6.92 Å². The summed E-state index contributed by atoms with van der Waals surface area (Å²) >= 11 is 0. The first kappa shape index (κ1) is 13.0. The highest BCUT2D eigenvalue weighted by molar-refractivity contribution is 5.89. The van der Waals surface area contributed by atoms with Gasteiger partial charge in [0.2, 0.25) is 0 Å². The summed E-state index contributed by atoms with van der Waals surface area (Å²) < 4.78 is 4.67. The quantitative estimate of drug-likeness (QED) is 0.525. The maximum Gasteiger partial charge on any atom is 0.335 e. The third kappa shape index (κ3) is 4.28. The zero-order valence-corrected chi connectivity index (χ0v) is 9.46. The van der Waals surface area contributed by atoms with E-state index in [-0.39, 0.29) is 5.97 Å². The molecule has 0 saturated carbocycles. The van der Waals surface area contributed by atoms with Crippen LogP contribution in [0.5, 0.6) is 0 Å². The first-order chi connectivity index (χ1) is 6.52. The van der Waals surface area contributed by atoms with Crippen LogP contribution in [0, 0.1) is 0 Å². The zero-order chi connectivity index (χ0) is 11.1. The molecule has 0 fully saturated rings. The molecule has 0 atom stereocenters. The maximum absolute atomic E-state index is 11.3. The minimum Gasteiger partial charge on any atom is -0.466 e. The first-order valence-electron chi connectivity index (χ1n) is 4.73. The monoisotopic (exact) mass is 200 g/mol. The number of hydrogen-bond acceptors (Lipinski definition) is 4. The largest absolute Gasteiger partial charge is 0.466 e. The van der Waals surface area contributed by atoms with Crippen molar-refractivity contribution in [3.63, 3.8) is 0 Å². The molecule has 4 heteroatoms. The van der Waals surface area contributed by atoms with Crippen molar-refractivity contribution in [3.05, 3.63) is 11.3 Å². The van der Waals surface area contributed by atoms with E-state index in [1.165, 1.54) is 7.11 Å². The van der Waals surface area contributed by atoms with E-state index in [9.17, 15) is 4.79 Å². The number of nitrogens with zero attached hydrogens (tertiary/aromatic N) is 1. The van der Waals surface area contributed by atoms with Gasteiger partial charge >= 0.3 is 5.97 Å². The van der Waals surface area contributed by atoms with Crippen molar-refractivity contribution in [3.8, 4) is 0 Å². The Bertz CT molecular complexity index is 222. The maximum atomic E-state index is 11.3. The van der Waals surface area contributed by atoms with E-state index in [0.29, 0.717) is 24.1 Å². The molecule has 4 nitrogen and oxygen atoms in total. The number of carbonyl (C=O) groups is 1. The summed E-state index contributed by atoms with van der Waals surface area (Å²) in [7, 11) is 5.29. The fraction of sp³-hybridized carbons (Fsp3) is 0.700. The minimum absolute atomic E-state index is 0.314. The molecule has 0 heterocycles. The molecule has 0 radical (unpaired) electrons. The summed E-state index contributed by atoms with van der Waals surface area (Å²) in [5, 5.41) is 0. The van der Waals surface area contributed by atoms with Gasteiger partial charge in [-0.15, -0.1) is 0 Å². The summed E-state index contributed by atoms with van der Waals surface area (Å²) in [6.07, 6.45) is 1.32. The number of allylic oxidation sites excluding steroid dienone is 1. The Kier molecular flexibility index (Phi) is 5.95. The van der Waals surface area contributed by atoms with E-state index in [1.807, 2.05) is 25.9 Å². The lowest BCUT2D eigenvalue weighted by Crippen LogP contribution is -2.19. The van der Waals surface area contributed by atoms with Crippen LogP contribution in [-0.2, 0) is 9.53 Å². The highest BCUT2D eigenvalue weighted by atomic mass is 16.5. The normalized spacial score (nSPS) is 12.6. The van der Waals surface area contributed by atoms with E-state index in [2.05, 4.69) is 4.74 Å². The summed E-state index contributed by atoms with van der Waals surface area (Å²) in [4.78, 5) is 13.4. The minimum atomic E-state index is -0.314. The average molecular weight is 200 g/mol. The van der Waals surface area contributed by atoms with Crippen LogP contribution in [0.1, 0.15) is 19.8 Å². The Morgan fingerprint density at radius 3 is 2.36 bits per heavy atom. The van der Waals surface area contributed by atoms with Crippen LogP contribution >= 0.6 is 0 Å². The Morgan fingerprint density at radius 1 is 1.43 bits per heavy atom. The highest BCUT2D eigenvalue weighted by Crippen LogP contribution is 2.10. The van der Waals surface area contributed by atoms with E-state index in [4.69, 9.17) is 5.73 Å². The van der Waals surface area contributed by atoms with Crippen molar-refractivity contribution in [2.75, 3.05) is 27.7 Å². The Hall–Kier alpha value is -1.03. The Balaban J connectivity index is 4.50. The third-order valence-electron chi connectivity index (χ3n) is 2.01. The van der Waals surface area contributed by atoms with Gasteiger partial charge in [-0.3, -0.25) is 0 Å². The standard InChI is InChI=1S/C10H20N2O2/c1-5-9(11)8(10(13)14-4)6-7-12(2)3/h5-7,11H2,1-4H3. The summed E-state index contributed by atoms with van der Waals surface area (Å²) in [6.45, 7) is 2.72. The van der Waals surface area contributed by atoms with Gasteiger partial charge < -0.3 is 15.4 Å². The van der Waals surface area contributed by atoms with Crippen molar-refractivity contribution in [2.24, 2.45) is 5.73 Å². The van der Waals surface area contributed by atoms with Crippen molar-refractivity contribution in [2.45, 2.75) is 19.8 Å². The molecule has 0 aliphatic rings. The molecule has 0 amide bonds. The molecule has 0 aliphatic carbocycles. The van der Waals surface area contributed by atoms with Crippen LogP contribution in [0.15, 0.2) is 11.3 Å². The van der Waals surface area contributed by atoms with Crippen LogP contribution in [0.3, 0.4) is 0 Å². The molecule has 0 saturated heterocycles. The molecule has 0 unspecified atom stereocenters. The van der Waals surface area contributed by atoms with Gasteiger partial charge in [0.25, 0.3) is 0 Å². The van der Waals surface area contributed by atoms with Gasteiger partial charge in [0.1, 0.15) is 0 Å². The van der Waals surface area contributed by atoms with Gasteiger partial charge in [-0.2, -0.15) is 0 Å². The number of ether oxygens (including phenoxy) is 1. The molecule has 14 heavy (non-hydrogen) atoms. The van der Waals surface area contributed by atoms with Crippen LogP contribution in [0.25, 0.3) is 0 Å². The lowest BCUT2D eigenvalue weighted by Gasteiger charge is -2.12. The second-order valence-electron chi connectivity index (χ2n) is 3.40. The van der Waals surface area contributed by atoms with Gasteiger partial charge in [-0.25, -0.2) is 4.79 Å². The lowest BCUT2D eigenvalue weighted by atomic mass is 10.1. The van der Waals surface area contributed by atoms with Crippen molar-refractivity contribution in [1.82, 2.24) is 4.90 Å². The van der Waals surface area contributed by atoms with Crippen LogP contribution < -0.4 is 5.73 Å². The van der Waals surface area contributed by atoms with Crippen molar-refractivity contribution in [1.29, 1.82) is 0 Å². The molecule has 82 valence electrons. The van der Waals surface area contributed by atoms with E-state index < -0.39 is 0 Å². The van der Waals surface area contributed by atoms with Crippen LogP contribution in [0.2, 0.25) is 0 Å². The van der Waals surface area contributed by atoms with Crippen LogP contribution in [0.4, 0.5) is 0 Å². The number of nitrogens with two attached hydrogens (primary N) is 1. The second-order valence-corrected chi connectivity index (χ2v) is 3.40. The molecule has 0 aromatic heterocycles. The molecule has 0 aromatic rings. The zero-order valence-electron chi connectivity index (χ0n) is 9.46. The van der Waals surface area contributed by atoms with Crippen molar-refractivity contribution < 1.29 is 9.53 Å². The number of rotatable bonds is 5. The number of methoxy groups -OCH3 is 1. The van der Waals surface area contributed by atoms with Gasteiger partial charge in [0.05, 0.1) is 12.7 Å². The second kappa shape index (κ2) is 6.43. The molecule has 0 spiro atoms. The van der Waals surface area contributed by atoms with Gasteiger partial charge in [0, 0.05) is 12.2 Å². The fourth-order valence-electron chi connectivity index (χ4n) is 1.07. The fourth-order valence-corrected chi connectivity index (χ4v) is 1.07. The van der Waals surface area contributed by atoms with Gasteiger partial charge in [0.15, 0.2) is 0 Å². The third-order valence-corrected chi connectivity index (χ3v) is 2.01. The first-order valence-corrected chi connectivity index (χ1v) is 4.73. The molecule has 0 rings (SSSR count). The topological polar surface area (TPSA) is 55.6 Å². The van der Waals surface area contributed by atoms with Crippen LogP contribution in [-0.4, -0.2) is 38.6 Å².